The van der Waals surface area contributed by atoms with Crippen molar-refractivity contribution in [3.63, 3.8) is 0 Å². The van der Waals surface area contributed by atoms with Crippen LogP contribution >= 0.6 is 23.4 Å². The molecule has 9 heteroatoms. The summed E-state index contributed by atoms with van der Waals surface area (Å²) in [5.41, 5.74) is 8.25. The number of nitrogens with two attached hydrogens (primary N) is 1. The van der Waals surface area contributed by atoms with Crippen LogP contribution in [-0.4, -0.2) is 20.8 Å². The number of hydrogen-bond donors (Lipinski definition) is 1. The predicted molar refractivity (Wildman–Crippen MR) is 108 cm³/mol. The van der Waals surface area contributed by atoms with E-state index in [-0.39, 0.29) is 11.6 Å². The van der Waals surface area contributed by atoms with Gasteiger partial charge in [-0.25, -0.2) is 9.66 Å². The number of thioether (sulfide) groups is 1. The average Bonchev–Trinajstić information content (AvgIpc) is 2.97. The number of anilines is 1. The first-order chi connectivity index (χ1) is 12.9. The number of aromatic nitrogens is 2. The van der Waals surface area contributed by atoms with Crippen molar-refractivity contribution in [2.75, 3.05) is 5.73 Å². The third-order valence-corrected chi connectivity index (χ3v) is 5.08. The van der Waals surface area contributed by atoms with Crippen LogP contribution in [-0.2, 0) is 5.75 Å². The molecule has 7 nitrogen and oxygen atoms in total. The van der Waals surface area contributed by atoms with Crippen molar-refractivity contribution in [1.29, 1.82) is 0 Å². The molecule has 0 radical (unpaired) electrons. The van der Waals surface area contributed by atoms with Crippen molar-refractivity contribution in [2.45, 2.75) is 17.6 Å². The zero-order valence-corrected chi connectivity index (χ0v) is 15.9. The first-order valence-corrected chi connectivity index (χ1v) is 9.30. The fourth-order valence-electron chi connectivity index (χ4n) is 2.34. The molecule has 0 aliphatic rings. The van der Waals surface area contributed by atoms with Crippen LogP contribution in [0.4, 0.5) is 11.6 Å². The number of hydrogen-bond acceptors (Lipinski definition) is 6. The smallest absolute Gasteiger partial charge is 0.270 e. The van der Waals surface area contributed by atoms with Crippen LogP contribution in [0.25, 0.3) is 0 Å². The quantitative estimate of drug-likeness (QED) is 0.283. The minimum atomic E-state index is -0.430. The molecule has 1 aromatic heterocycles. The summed E-state index contributed by atoms with van der Waals surface area (Å²) in [5, 5.41) is 16.1. The number of nitro benzene ring substituents is 1. The molecule has 0 unspecified atom stereocenters. The topological polar surface area (TPSA) is 99.3 Å². The summed E-state index contributed by atoms with van der Waals surface area (Å²) >= 11 is 7.47. The van der Waals surface area contributed by atoms with Gasteiger partial charge in [0.1, 0.15) is 0 Å². The number of rotatable bonds is 6. The monoisotopic (exact) mass is 401 g/mol. The zero-order chi connectivity index (χ0) is 19.4. The molecule has 27 heavy (non-hydrogen) atoms. The number of nitrogens with zero attached hydrogens (tertiary/aromatic N) is 4. The van der Waals surface area contributed by atoms with Gasteiger partial charge in [0.05, 0.1) is 23.0 Å². The summed E-state index contributed by atoms with van der Waals surface area (Å²) in [4.78, 5) is 15.6. The number of nitro groups is 1. The van der Waals surface area contributed by atoms with Crippen LogP contribution in [0.15, 0.2) is 58.7 Å². The van der Waals surface area contributed by atoms with E-state index in [1.807, 2.05) is 31.2 Å². The number of nitrogen functional groups attached to an aromatic ring is 1. The molecule has 2 N–H and O–H groups in total. The van der Waals surface area contributed by atoms with Crippen LogP contribution in [0.5, 0.6) is 0 Å². The van der Waals surface area contributed by atoms with E-state index in [2.05, 4.69) is 10.1 Å². The van der Waals surface area contributed by atoms with Crippen molar-refractivity contribution in [3.05, 3.63) is 80.6 Å². The van der Waals surface area contributed by atoms with E-state index in [4.69, 9.17) is 17.3 Å². The summed E-state index contributed by atoms with van der Waals surface area (Å²) < 4.78 is 1.43. The van der Waals surface area contributed by atoms with E-state index < -0.39 is 4.92 Å². The number of imidazole rings is 1. The van der Waals surface area contributed by atoms with E-state index in [0.717, 1.165) is 16.2 Å². The van der Waals surface area contributed by atoms with Gasteiger partial charge in [-0.05, 0) is 30.7 Å². The Labute approximate surface area is 165 Å². The van der Waals surface area contributed by atoms with E-state index in [0.29, 0.717) is 16.3 Å². The van der Waals surface area contributed by atoms with Crippen LogP contribution in [0.2, 0.25) is 5.02 Å². The highest BCUT2D eigenvalue weighted by Crippen LogP contribution is 2.29. The summed E-state index contributed by atoms with van der Waals surface area (Å²) in [6.45, 7) is 1.81. The second kappa shape index (κ2) is 8.24. The first kappa shape index (κ1) is 18.9. The molecule has 3 aromatic rings. The highest BCUT2D eigenvalue weighted by atomic mass is 35.5. The molecule has 1 heterocycles. The molecule has 0 bridgehead atoms. The molecule has 0 aliphatic carbocycles. The molecule has 0 aliphatic heterocycles. The molecule has 0 atom stereocenters. The average molecular weight is 402 g/mol. The highest BCUT2D eigenvalue weighted by molar-refractivity contribution is 7.98. The number of benzene rings is 2. The molecule has 0 saturated heterocycles. The summed E-state index contributed by atoms with van der Waals surface area (Å²) in [7, 11) is 0. The second-order valence-electron chi connectivity index (χ2n) is 5.72. The number of halogens is 1. The van der Waals surface area contributed by atoms with E-state index in [9.17, 15) is 10.1 Å². The van der Waals surface area contributed by atoms with Gasteiger partial charge in [-0.2, -0.15) is 5.10 Å². The fraction of sp³-hybridized carbons (Fsp3) is 0.111. The third kappa shape index (κ3) is 4.87. The van der Waals surface area contributed by atoms with Crippen molar-refractivity contribution >= 4 is 41.2 Å². The van der Waals surface area contributed by atoms with Gasteiger partial charge < -0.3 is 5.73 Å². The maximum absolute atomic E-state index is 11.1. The van der Waals surface area contributed by atoms with Crippen molar-refractivity contribution in [2.24, 2.45) is 5.10 Å². The molecule has 0 amide bonds. The molecule has 0 saturated carbocycles. The lowest BCUT2D eigenvalue weighted by Crippen LogP contribution is -1.98. The molecule has 2 aromatic carbocycles. The van der Waals surface area contributed by atoms with Gasteiger partial charge in [-0.15, -0.1) is 11.8 Å². The summed E-state index contributed by atoms with van der Waals surface area (Å²) in [5.74, 6) is 0.951. The number of aryl methyl sites for hydroxylation is 1. The Morgan fingerprint density at radius 1 is 1.33 bits per heavy atom. The van der Waals surface area contributed by atoms with Gasteiger partial charge in [0.15, 0.2) is 0 Å². The van der Waals surface area contributed by atoms with E-state index >= 15 is 0 Å². The van der Waals surface area contributed by atoms with Gasteiger partial charge in [0, 0.05) is 33.4 Å². The second-order valence-corrected chi connectivity index (χ2v) is 7.18. The van der Waals surface area contributed by atoms with Gasteiger partial charge in [-0.3, -0.25) is 10.1 Å². The highest BCUT2D eigenvalue weighted by Gasteiger charge is 2.11. The Kier molecular flexibility index (Phi) is 5.78. The van der Waals surface area contributed by atoms with Gasteiger partial charge in [0.25, 0.3) is 5.69 Å². The first-order valence-electron chi connectivity index (χ1n) is 7.94. The van der Waals surface area contributed by atoms with Crippen LogP contribution in [0.1, 0.15) is 16.8 Å². The number of non-ortho nitro benzene ring substituents is 1. The van der Waals surface area contributed by atoms with Crippen molar-refractivity contribution in [1.82, 2.24) is 9.66 Å². The minimum absolute atomic E-state index is 0.00192. The van der Waals surface area contributed by atoms with Crippen molar-refractivity contribution < 1.29 is 4.92 Å². The summed E-state index contributed by atoms with van der Waals surface area (Å²) in [6.07, 6.45) is 3.23. The third-order valence-electron chi connectivity index (χ3n) is 3.67. The largest absolute Gasteiger partial charge is 0.368 e. The standard InChI is InChI=1S/C18H16ClN5O2S/c1-12-10-23(18(20)22-12)21-9-14-8-16(24(25)26)6-7-17(14)27-11-13-2-4-15(19)5-3-13/h2-10H,11H2,1H3,(H2,20,22). The lowest BCUT2D eigenvalue weighted by Gasteiger charge is -2.06. The molecule has 3 rings (SSSR count). The van der Waals surface area contributed by atoms with Crippen LogP contribution < -0.4 is 5.73 Å². The Morgan fingerprint density at radius 2 is 2.07 bits per heavy atom. The molecule has 138 valence electrons. The normalized spacial score (nSPS) is 11.2. The maximum Gasteiger partial charge on any atom is 0.270 e. The van der Waals surface area contributed by atoms with Gasteiger partial charge >= 0.3 is 0 Å². The van der Waals surface area contributed by atoms with E-state index in [1.165, 1.54) is 16.8 Å². The lowest BCUT2D eigenvalue weighted by atomic mass is 10.2. The van der Waals surface area contributed by atoms with Gasteiger partial charge in [0.2, 0.25) is 5.95 Å². The van der Waals surface area contributed by atoms with Crippen LogP contribution in [0.3, 0.4) is 0 Å². The Hall–Kier alpha value is -2.84. The predicted octanol–water partition coefficient (Wildman–Crippen LogP) is 4.51. The zero-order valence-electron chi connectivity index (χ0n) is 14.4. The minimum Gasteiger partial charge on any atom is -0.368 e. The lowest BCUT2D eigenvalue weighted by molar-refractivity contribution is -0.384. The molecular weight excluding hydrogens is 386 g/mol. The van der Waals surface area contributed by atoms with Crippen LogP contribution in [0, 0.1) is 17.0 Å². The Balaban J connectivity index is 1.87. The summed E-state index contributed by atoms with van der Waals surface area (Å²) in [6, 6.07) is 12.3. The molecule has 0 fully saturated rings. The van der Waals surface area contributed by atoms with Crippen molar-refractivity contribution in [3.8, 4) is 0 Å². The Morgan fingerprint density at radius 3 is 2.70 bits per heavy atom. The molecular formula is C18H16ClN5O2S. The SMILES string of the molecule is Cc1cn(N=Cc2cc([N+](=O)[O-])ccc2SCc2ccc(Cl)cc2)c(N)n1. The molecule has 0 spiro atoms. The fourth-order valence-corrected chi connectivity index (χ4v) is 3.43. The van der Waals surface area contributed by atoms with Gasteiger partial charge in [-0.1, -0.05) is 23.7 Å². The van der Waals surface area contributed by atoms with E-state index in [1.54, 1.807) is 30.2 Å². The maximum atomic E-state index is 11.1. The Bertz CT molecular complexity index is 1000.